The van der Waals surface area contributed by atoms with Crippen LogP contribution in [0.5, 0.6) is 0 Å². The highest BCUT2D eigenvalue weighted by molar-refractivity contribution is 5.90. The second-order valence-corrected chi connectivity index (χ2v) is 5.53. The Labute approximate surface area is 113 Å². The van der Waals surface area contributed by atoms with E-state index in [0.717, 1.165) is 29.7 Å². The lowest BCUT2D eigenvalue weighted by molar-refractivity contribution is 0.822. The van der Waals surface area contributed by atoms with Crippen molar-refractivity contribution >= 4 is 22.7 Å². The van der Waals surface area contributed by atoms with Gasteiger partial charge in [-0.25, -0.2) is 4.98 Å². The number of nitrogens with zero attached hydrogens (tertiary/aromatic N) is 2. The molecule has 1 heterocycles. The van der Waals surface area contributed by atoms with Gasteiger partial charge in [-0.3, -0.25) is 0 Å². The Kier molecular flexibility index (Phi) is 3.01. The third kappa shape index (κ3) is 2.62. The largest absolute Gasteiger partial charge is 0.364 e. The maximum absolute atomic E-state index is 4.63. The van der Waals surface area contributed by atoms with Gasteiger partial charge in [-0.05, 0) is 38.3 Å². The van der Waals surface area contributed by atoms with Crippen molar-refractivity contribution in [1.82, 2.24) is 9.97 Å². The van der Waals surface area contributed by atoms with E-state index in [1.807, 2.05) is 18.2 Å². The van der Waals surface area contributed by atoms with E-state index in [4.69, 9.17) is 0 Å². The number of fused-ring (bicyclic) bond motifs is 1. The summed E-state index contributed by atoms with van der Waals surface area (Å²) in [5.41, 5.74) is 1.21. The molecule has 0 radical (unpaired) electrons. The molecule has 2 N–H and O–H groups in total. The summed E-state index contributed by atoms with van der Waals surface area (Å²) in [5, 5.41) is 7.93. The van der Waals surface area contributed by atoms with Crippen LogP contribution in [-0.2, 0) is 0 Å². The van der Waals surface area contributed by atoms with Crippen LogP contribution in [0.4, 0.5) is 11.8 Å². The zero-order valence-electron chi connectivity index (χ0n) is 11.5. The summed E-state index contributed by atoms with van der Waals surface area (Å²) in [4.78, 5) is 9.19. The van der Waals surface area contributed by atoms with Crippen molar-refractivity contribution < 1.29 is 0 Å². The molecule has 1 aromatic heterocycles. The van der Waals surface area contributed by atoms with E-state index in [9.17, 15) is 0 Å². The Morgan fingerprint density at radius 3 is 2.74 bits per heavy atom. The third-order valence-electron chi connectivity index (χ3n) is 3.56. The van der Waals surface area contributed by atoms with E-state index in [1.54, 1.807) is 0 Å². The molecular weight excluding hydrogens is 236 g/mol. The quantitative estimate of drug-likeness (QED) is 0.860. The lowest BCUT2D eigenvalue weighted by atomic mass is 10.2. The standard InChI is InChI=1S/C15H20N4/c1-3-10-16-14-17-12-7-5-4-6-11(12)13(18-14)19-15(2)8-9-15/h4-7H,3,8-10H2,1-2H3,(H2,16,17,18,19). The van der Waals surface area contributed by atoms with Crippen molar-refractivity contribution in [3.8, 4) is 0 Å². The van der Waals surface area contributed by atoms with Gasteiger partial charge in [-0.15, -0.1) is 0 Å². The fourth-order valence-electron chi connectivity index (χ4n) is 2.09. The van der Waals surface area contributed by atoms with Crippen LogP contribution >= 0.6 is 0 Å². The van der Waals surface area contributed by atoms with Gasteiger partial charge in [0, 0.05) is 17.5 Å². The maximum Gasteiger partial charge on any atom is 0.225 e. The van der Waals surface area contributed by atoms with Crippen LogP contribution in [0, 0.1) is 0 Å². The van der Waals surface area contributed by atoms with Gasteiger partial charge in [0.2, 0.25) is 5.95 Å². The molecule has 0 unspecified atom stereocenters. The second-order valence-electron chi connectivity index (χ2n) is 5.53. The van der Waals surface area contributed by atoms with Gasteiger partial charge in [0.15, 0.2) is 0 Å². The molecule has 19 heavy (non-hydrogen) atoms. The van der Waals surface area contributed by atoms with Crippen molar-refractivity contribution in [2.24, 2.45) is 0 Å². The van der Waals surface area contributed by atoms with Crippen LogP contribution in [0.3, 0.4) is 0 Å². The molecule has 0 atom stereocenters. The minimum absolute atomic E-state index is 0.221. The SMILES string of the molecule is CCCNc1nc(NC2(C)CC2)c2ccccc2n1. The number of para-hydroxylation sites is 1. The lowest BCUT2D eigenvalue weighted by Crippen LogP contribution is -2.18. The predicted octanol–water partition coefficient (Wildman–Crippen LogP) is 3.42. The van der Waals surface area contributed by atoms with Crippen LogP contribution in [-0.4, -0.2) is 22.1 Å². The van der Waals surface area contributed by atoms with E-state index in [1.165, 1.54) is 12.8 Å². The molecule has 3 rings (SSSR count). The first-order valence-electron chi connectivity index (χ1n) is 6.99. The molecule has 1 aliphatic carbocycles. The molecule has 1 fully saturated rings. The smallest absolute Gasteiger partial charge is 0.225 e. The Morgan fingerprint density at radius 2 is 2.00 bits per heavy atom. The highest BCUT2D eigenvalue weighted by Crippen LogP contribution is 2.39. The minimum atomic E-state index is 0.221. The Bertz CT molecular complexity index is 590. The molecule has 1 aromatic carbocycles. The minimum Gasteiger partial charge on any atom is -0.364 e. The summed E-state index contributed by atoms with van der Waals surface area (Å²) >= 11 is 0. The molecule has 100 valence electrons. The summed E-state index contributed by atoms with van der Waals surface area (Å²) in [6.45, 7) is 5.27. The highest BCUT2D eigenvalue weighted by Gasteiger charge is 2.37. The summed E-state index contributed by atoms with van der Waals surface area (Å²) in [5.74, 6) is 1.66. The van der Waals surface area contributed by atoms with Crippen LogP contribution < -0.4 is 10.6 Å². The van der Waals surface area contributed by atoms with Crippen molar-refractivity contribution in [2.75, 3.05) is 17.2 Å². The van der Waals surface area contributed by atoms with E-state index >= 15 is 0 Å². The maximum atomic E-state index is 4.63. The van der Waals surface area contributed by atoms with Gasteiger partial charge < -0.3 is 10.6 Å². The lowest BCUT2D eigenvalue weighted by Gasteiger charge is -2.15. The first-order valence-corrected chi connectivity index (χ1v) is 6.99. The molecular formula is C15H20N4. The molecule has 0 aliphatic heterocycles. The van der Waals surface area contributed by atoms with Crippen molar-refractivity contribution in [3.63, 3.8) is 0 Å². The van der Waals surface area contributed by atoms with Gasteiger partial charge in [0.25, 0.3) is 0 Å². The molecule has 4 nitrogen and oxygen atoms in total. The number of benzene rings is 1. The Morgan fingerprint density at radius 1 is 1.21 bits per heavy atom. The number of aromatic nitrogens is 2. The molecule has 0 spiro atoms. The fourth-order valence-corrected chi connectivity index (χ4v) is 2.09. The number of hydrogen-bond donors (Lipinski definition) is 2. The van der Waals surface area contributed by atoms with Gasteiger partial charge in [-0.2, -0.15) is 4.98 Å². The Hall–Kier alpha value is -1.84. The van der Waals surface area contributed by atoms with E-state index in [0.29, 0.717) is 5.95 Å². The molecule has 0 bridgehead atoms. The Balaban J connectivity index is 2.00. The molecule has 0 saturated heterocycles. The van der Waals surface area contributed by atoms with Gasteiger partial charge >= 0.3 is 0 Å². The van der Waals surface area contributed by atoms with Crippen LogP contribution in [0.25, 0.3) is 10.9 Å². The molecule has 1 aliphatic rings. The average molecular weight is 256 g/mol. The van der Waals surface area contributed by atoms with E-state index in [2.05, 4.69) is 40.5 Å². The number of anilines is 2. The molecule has 1 saturated carbocycles. The third-order valence-corrected chi connectivity index (χ3v) is 3.56. The van der Waals surface area contributed by atoms with E-state index < -0.39 is 0 Å². The second kappa shape index (κ2) is 4.68. The first kappa shape index (κ1) is 12.2. The van der Waals surface area contributed by atoms with Crippen molar-refractivity contribution in [2.45, 2.75) is 38.6 Å². The van der Waals surface area contributed by atoms with Crippen LogP contribution in [0.1, 0.15) is 33.1 Å². The molecule has 4 heteroatoms. The van der Waals surface area contributed by atoms with Crippen molar-refractivity contribution in [3.05, 3.63) is 24.3 Å². The molecule has 2 aromatic rings. The summed E-state index contributed by atoms with van der Waals surface area (Å²) in [7, 11) is 0. The van der Waals surface area contributed by atoms with Gasteiger partial charge in [0.1, 0.15) is 5.82 Å². The zero-order chi connectivity index (χ0) is 13.3. The average Bonchev–Trinajstić information content (AvgIpc) is 3.14. The first-order chi connectivity index (χ1) is 9.20. The number of hydrogen-bond acceptors (Lipinski definition) is 4. The topological polar surface area (TPSA) is 49.8 Å². The fraction of sp³-hybridized carbons (Fsp3) is 0.467. The predicted molar refractivity (Wildman–Crippen MR) is 79.6 cm³/mol. The van der Waals surface area contributed by atoms with Crippen molar-refractivity contribution in [1.29, 1.82) is 0 Å². The van der Waals surface area contributed by atoms with Crippen LogP contribution in [0.15, 0.2) is 24.3 Å². The number of nitrogens with one attached hydrogen (secondary N) is 2. The zero-order valence-corrected chi connectivity index (χ0v) is 11.5. The van der Waals surface area contributed by atoms with Gasteiger partial charge in [0.05, 0.1) is 5.52 Å². The summed E-state index contributed by atoms with van der Waals surface area (Å²) < 4.78 is 0. The molecule has 0 amide bonds. The van der Waals surface area contributed by atoms with Crippen LogP contribution in [0.2, 0.25) is 0 Å². The summed E-state index contributed by atoms with van der Waals surface area (Å²) in [6, 6.07) is 8.16. The van der Waals surface area contributed by atoms with E-state index in [-0.39, 0.29) is 5.54 Å². The highest BCUT2D eigenvalue weighted by atomic mass is 15.2. The normalized spacial score (nSPS) is 16.3. The van der Waals surface area contributed by atoms with Gasteiger partial charge in [-0.1, -0.05) is 19.1 Å². The number of rotatable bonds is 5. The monoisotopic (exact) mass is 256 g/mol. The summed E-state index contributed by atoms with van der Waals surface area (Å²) in [6.07, 6.45) is 3.49.